The molecule has 1 saturated heterocycles. The lowest BCUT2D eigenvalue weighted by atomic mass is 10.2. The summed E-state index contributed by atoms with van der Waals surface area (Å²) in [7, 11) is 1.64. The number of anilines is 1. The summed E-state index contributed by atoms with van der Waals surface area (Å²) in [5, 5.41) is 1.54. The molecule has 5 nitrogen and oxygen atoms in total. The van der Waals surface area contributed by atoms with Gasteiger partial charge in [-0.25, -0.2) is 0 Å². The van der Waals surface area contributed by atoms with Crippen molar-refractivity contribution in [3.8, 4) is 5.75 Å². The number of methoxy groups -OCH3 is 1. The number of halogens is 1. The van der Waals surface area contributed by atoms with Crippen molar-refractivity contribution in [3.05, 3.63) is 64.0 Å². The number of carbonyl (C=O) groups is 1. The van der Waals surface area contributed by atoms with Crippen LogP contribution < -0.4 is 9.64 Å². The van der Waals surface area contributed by atoms with E-state index in [1.807, 2.05) is 54.6 Å². The molecule has 0 atom stereocenters. The van der Waals surface area contributed by atoms with Gasteiger partial charge in [0.2, 0.25) is 0 Å². The number of thioether (sulfide) groups is 1. The van der Waals surface area contributed by atoms with Gasteiger partial charge in [0.1, 0.15) is 5.75 Å². The Labute approximate surface area is 173 Å². The summed E-state index contributed by atoms with van der Waals surface area (Å²) in [4.78, 5) is 21.8. The van der Waals surface area contributed by atoms with Gasteiger partial charge in [-0.1, -0.05) is 23.7 Å². The molecular weight excluding hydrogens is 394 g/mol. The number of hydrogen-bond donors (Lipinski definition) is 0. The second-order valence-electron chi connectivity index (χ2n) is 6.53. The first-order valence-electron chi connectivity index (χ1n) is 9.04. The molecule has 2 heterocycles. The van der Waals surface area contributed by atoms with E-state index in [0.717, 1.165) is 47.7 Å². The summed E-state index contributed by atoms with van der Waals surface area (Å²) in [5.74, 6) is 0.624. The van der Waals surface area contributed by atoms with Crippen molar-refractivity contribution in [3.63, 3.8) is 0 Å². The fraction of sp³-hybridized carbons (Fsp3) is 0.238. The van der Waals surface area contributed by atoms with Crippen LogP contribution in [0.15, 0.2) is 58.4 Å². The van der Waals surface area contributed by atoms with Gasteiger partial charge in [0.15, 0.2) is 5.17 Å². The summed E-state index contributed by atoms with van der Waals surface area (Å²) in [6, 6.07) is 15.5. The zero-order valence-electron chi connectivity index (χ0n) is 15.5. The predicted octanol–water partition coefficient (Wildman–Crippen LogP) is 4.14. The maximum absolute atomic E-state index is 12.3. The molecule has 28 heavy (non-hydrogen) atoms. The summed E-state index contributed by atoms with van der Waals surface area (Å²) in [6.45, 7) is 3.43. The first-order valence-corrected chi connectivity index (χ1v) is 10.2. The van der Waals surface area contributed by atoms with Crippen LogP contribution in [0.5, 0.6) is 5.75 Å². The lowest BCUT2D eigenvalue weighted by Crippen LogP contribution is -2.47. The van der Waals surface area contributed by atoms with Crippen molar-refractivity contribution in [2.45, 2.75) is 0 Å². The number of rotatable bonds is 3. The van der Waals surface area contributed by atoms with E-state index in [1.54, 1.807) is 7.11 Å². The molecule has 2 aromatic rings. The molecule has 2 aliphatic heterocycles. The van der Waals surface area contributed by atoms with Crippen LogP contribution >= 0.6 is 23.4 Å². The summed E-state index contributed by atoms with van der Waals surface area (Å²) >= 11 is 7.42. The first-order chi connectivity index (χ1) is 13.6. The van der Waals surface area contributed by atoms with Crippen molar-refractivity contribution < 1.29 is 9.53 Å². The Hall–Kier alpha value is -2.44. The van der Waals surface area contributed by atoms with E-state index in [4.69, 9.17) is 16.3 Å². The number of amidine groups is 1. The summed E-state index contributed by atoms with van der Waals surface area (Å²) in [6.07, 6.45) is 1.88. The van der Waals surface area contributed by atoms with Gasteiger partial charge < -0.3 is 14.5 Å². The van der Waals surface area contributed by atoms with Crippen LogP contribution in [0.25, 0.3) is 6.08 Å². The second kappa shape index (κ2) is 8.29. The third-order valence-corrected chi connectivity index (χ3v) is 6.06. The maximum Gasteiger partial charge on any atom is 0.286 e. The van der Waals surface area contributed by atoms with Crippen molar-refractivity contribution in [2.24, 2.45) is 4.99 Å². The fourth-order valence-corrected chi connectivity index (χ4v) is 4.28. The molecule has 0 bridgehead atoms. The molecule has 0 radical (unpaired) electrons. The minimum absolute atomic E-state index is 0.170. The molecule has 0 unspecified atom stereocenters. The van der Waals surface area contributed by atoms with Gasteiger partial charge >= 0.3 is 0 Å². The highest BCUT2D eigenvalue weighted by atomic mass is 35.5. The van der Waals surface area contributed by atoms with Crippen molar-refractivity contribution >= 4 is 46.2 Å². The van der Waals surface area contributed by atoms with E-state index >= 15 is 0 Å². The van der Waals surface area contributed by atoms with Crippen LogP contribution in [-0.2, 0) is 4.79 Å². The number of carbonyl (C=O) groups excluding carboxylic acids is 1. The minimum atomic E-state index is -0.170. The molecular formula is C21H20ClN3O2S. The van der Waals surface area contributed by atoms with Crippen molar-refractivity contribution in [2.75, 3.05) is 38.2 Å². The Morgan fingerprint density at radius 3 is 2.29 bits per heavy atom. The van der Waals surface area contributed by atoms with Gasteiger partial charge in [0.25, 0.3) is 5.91 Å². The van der Waals surface area contributed by atoms with Crippen LogP contribution in [0.2, 0.25) is 5.02 Å². The van der Waals surface area contributed by atoms with Crippen LogP contribution in [0, 0.1) is 0 Å². The smallest absolute Gasteiger partial charge is 0.286 e. The highest BCUT2D eigenvalue weighted by molar-refractivity contribution is 8.18. The molecule has 2 aromatic carbocycles. The van der Waals surface area contributed by atoms with E-state index in [2.05, 4.69) is 14.8 Å². The van der Waals surface area contributed by atoms with Gasteiger partial charge in [0.05, 0.1) is 12.0 Å². The van der Waals surface area contributed by atoms with E-state index in [0.29, 0.717) is 4.91 Å². The van der Waals surface area contributed by atoms with E-state index in [-0.39, 0.29) is 5.91 Å². The fourth-order valence-electron chi connectivity index (χ4n) is 3.19. The molecule has 2 aliphatic rings. The van der Waals surface area contributed by atoms with Crippen LogP contribution in [0.3, 0.4) is 0 Å². The Balaban J connectivity index is 1.38. The summed E-state index contributed by atoms with van der Waals surface area (Å²) < 4.78 is 5.17. The molecule has 1 amide bonds. The predicted molar refractivity (Wildman–Crippen MR) is 116 cm³/mol. The Kier molecular flexibility index (Phi) is 5.59. The van der Waals surface area contributed by atoms with Gasteiger partial charge in [-0.3, -0.25) is 4.79 Å². The molecule has 4 rings (SSSR count). The molecule has 1 fully saturated rings. The molecule has 0 saturated carbocycles. The Morgan fingerprint density at radius 2 is 1.64 bits per heavy atom. The van der Waals surface area contributed by atoms with Crippen molar-refractivity contribution in [1.82, 2.24) is 4.90 Å². The van der Waals surface area contributed by atoms with Crippen LogP contribution in [0.4, 0.5) is 5.69 Å². The molecule has 7 heteroatoms. The van der Waals surface area contributed by atoms with E-state index in [1.165, 1.54) is 17.4 Å². The molecule has 144 valence electrons. The first kappa shape index (κ1) is 18.9. The minimum Gasteiger partial charge on any atom is -0.497 e. The number of amides is 1. The zero-order chi connectivity index (χ0) is 19.5. The highest BCUT2D eigenvalue weighted by Gasteiger charge is 2.28. The average molecular weight is 414 g/mol. The quantitative estimate of drug-likeness (QED) is 0.707. The van der Waals surface area contributed by atoms with Gasteiger partial charge in [0, 0.05) is 36.9 Å². The van der Waals surface area contributed by atoms with Crippen LogP contribution in [-0.4, -0.2) is 49.3 Å². The SMILES string of the molecule is COc1ccc(/C=C2/SC(N3CCN(c4ccc(Cl)cc4)CC3)=NC2=O)cc1. The zero-order valence-corrected chi connectivity index (χ0v) is 17.0. The number of aliphatic imine (C=N–C) groups is 1. The largest absolute Gasteiger partial charge is 0.497 e. The van der Waals surface area contributed by atoms with Gasteiger partial charge in [-0.05, 0) is 59.8 Å². The molecule has 0 N–H and O–H groups in total. The van der Waals surface area contributed by atoms with Gasteiger partial charge in [-0.2, -0.15) is 4.99 Å². The molecule has 0 aliphatic carbocycles. The Bertz CT molecular complexity index is 918. The number of nitrogens with zero attached hydrogens (tertiary/aromatic N) is 3. The normalized spacial score (nSPS) is 18.6. The van der Waals surface area contributed by atoms with Crippen LogP contribution in [0.1, 0.15) is 5.56 Å². The lowest BCUT2D eigenvalue weighted by molar-refractivity contribution is -0.113. The highest BCUT2D eigenvalue weighted by Crippen LogP contribution is 2.31. The third kappa shape index (κ3) is 4.18. The summed E-state index contributed by atoms with van der Waals surface area (Å²) in [5.41, 5.74) is 2.13. The number of piperazine rings is 1. The second-order valence-corrected chi connectivity index (χ2v) is 7.98. The third-order valence-electron chi connectivity index (χ3n) is 4.76. The monoisotopic (exact) mass is 413 g/mol. The number of benzene rings is 2. The average Bonchev–Trinajstić information content (AvgIpc) is 3.09. The molecule has 0 spiro atoms. The molecule has 0 aromatic heterocycles. The number of hydrogen-bond acceptors (Lipinski definition) is 5. The van der Waals surface area contributed by atoms with Gasteiger partial charge in [-0.15, -0.1) is 0 Å². The Morgan fingerprint density at radius 1 is 1.00 bits per heavy atom. The lowest BCUT2D eigenvalue weighted by Gasteiger charge is -2.36. The maximum atomic E-state index is 12.3. The topological polar surface area (TPSA) is 45.1 Å². The van der Waals surface area contributed by atoms with Crippen molar-refractivity contribution in [1.29, 1.82) is 0 Å². The van der Waals surface area contributed by atoms with E-state index < -0.39 is 0 Å². The standard InChI is InChI=1S/C21H20ClN3O2S/c1-27-18-8-2-15(3-9-18)14-19-20(26)23-21(28-19)25-12-10-24(11-13-25)17-6-4-16(22)5-7-17/h2-9,14H,10-13H2,1H3/b19-14+. The van der Waals surface area contributed by atoms with E-state index in [9.17, 15) is 4.79 Å². The number of ether oxygens (including phenoxy) is 1.